The number of rotatable bonds is 8. The number of Topliss-reactive ketones (excluding diaryl/α,β-unsaturated/α-hetero) is 1. The fourth-order valence-corrected chi connectivity index (χ4v) is 2.20. The minimum absolute atomic E-state index is 0.0242. The molecular formula is C19H28N2O3. The standard InChI is InChI=1S/C19H28N2O3/c1-14(22)20-12-5-13-21-18(24)11-10-17(23)15-6-8-16(9-7-15)19(2,3)4/h6-9H,5,10-13H2,1-4H3,(H,20,22)(H,21,24). The Hall–Kier alpha value is -2.17. The van der Waals surface area contributed by atoms with Gasteiger partial charge in [0.25, 0.3) is 0 Å². The zero-order valence-corrected chi connectivity index (χ0v) is 15.1. The Bertz CT molecular complexity index is 571. The zero-order chi connectivity index (χ0) is 18.2. The minimum atomic E-state index is -0.141. The topological polar surface area (TPSA) is 75.3 Å². The van der Waals surface area contributed by atoms with E-state index in [9.17, 15) is 14.4 Å². The lowest BCUT2D eigenvalue weighted by molar-refractivity contribution is -0.121. The van der Waals surface area contributed by atoms with E-state index in [1.807, 2.05) is 24.3 Å². The number of carbonyl (C=O) groups is 3. The molecule has 0 bridgehead atoms. The number of benzene rings is 1. The van der Waals surface area contributed by atoms with Crippen LogP contribution in [0, 0.1) is 0 Å². The number of amides is 2. The van der Waals surface area contributed by atoms with Crippen molar-refractivity contribution in [3.63, 3.8) is 0 Å². The van der Waals surface area contributed by atoms with Gasteiger partial charge < -0.3 is 10.6 Å². The molecule has 2 amide bonds. The van der Waals surface area contributed by atoms with Crippen molar-refractivity contribution < 1.29 is 14.4 Å². The third kappa shape index (κ3) is 7.40. The Labute approximate surface area is 144 Å². The van der Waals surface area contributed by atoms with Crippen LogP contribution >= 0.6 is 0 Å². The molecule has 1 rings (SSSR count). The van der Waals surface area contributed by atoms with Crippen molar-refractivity contribution >= 4 is 17.6 Å². The highest BCUT2D eigenvalue weighted by molar-refractivity contribution is 5.98. The maximum absolute atomic E-state index is 12.1. The summed E-state index contributed by atoms with van der Waals surface area (Å²) in [6.45, 7) is 8.86. The number of ketones is 1. The van der Waals surface area contributed by atoms with Crippen LogP contribution in [0.25, 0.3) is 0 Å². The highest BCUT2D eigenvalue weighted by atomic mass is 16.2. The van der Waals surface area contributed by atoms with Gasteiger partial charge in [0.15, 0.2) is 5.78 Å². The van der Waals surface area contributed by atoms with Crippen LogP contribution in [0.15, 0.2) is 24.3 Å². The zero-order valence-electron chi connectivity index (χ0n) is 15.1. The fraction of sp³-hybridized carbons (Fsp3) is 0.526. The monoisotopic (exact) mass is 332 g/mol. The summed E-state index contributed by atoms with van der Waals surface area (Å²) in [5.41, 5.74) is 1.87. The summed E-state index contributed by atoms with van der Waals surface area (Å²) in [4.78, 5) is 34.5. The van der Waals surface area contributed by atoms with Crippen molar-refractivity contribution in [1.82, 2.24) is 10.6 Å². The van der Waals surface area contributed by atoms with Gasteiger partial charge in [0.2, 0.25) is 11.8 Å². The molecule has 0 atom stereocenters. The SMILES string of the molecule is CC(=O)NCCCNC(=O)CCC(=O)c1ccc(C(C)(C)C)cc1. The van der Waals surface area contributed by atoms with Crippen molar-refractivity contribution in [3.8, 4) is 0 Å². The van der Waals surface area contributed by atoms with Gasteiger partial charge in [-0.2, -0.15) is 0 Å². The molecule has 0 radical (unpaired) electrons. The van der Waals surface area contributed by atoms with E-state index >= 15 is 0 Å². The molecule has 132 valence electrons. The van der Waals surface area contributed by atoms with Gasteiger partial charge in [-0.3, -0.25) is 14.4 Å². The van der Waals surface area contributed by atoms with Crippen molar-refractivity contribution in [1.29, 1.82) is 0 Å². The second-order valence-corrected chi connectivity index (χ2v) is 6.94. The van der Waals surface area contributed by atoms with E-state index in [0.717, 1.165) is 0 Å². The molecule has 0 unspecified atom stereocenters. The number of hydrogen-bond donors (Lipinski definition) is 2. The summed E-state index contributed by atoms with van der Waals surface area (Å²) in [5.74, 6) is -0.245. The lowest BCUT2D eigenvalue weighted by Gasteiger charge is -2.18. The van der Waals surface area contributed by atoms with Crippen LogP contribution in [0.1, 0.15) is 62.9 Å². The molecule has 1 aromatic carbocycles. The third-order valence-corrected chi connectivity index (χ3v) is 3.70. The molecule has 0 saturated heterocycles. The minimum Gasteiger partial charge on any atom is -0.356 e. The van der Waals surface area contributed by atoms with Gasteiger partial charge in [-0.15, -0.1) is 0 Å². The van der Waals surface area contributed by atoms with Gasteiger partial charge in [-0.05, 0) is 17.4 Å². The highest BCUT2D eigenvalue weighted by Gasteiger charge is 2.14. The van der Waals surface area contributed by atoms with Crippen molar-refractivity contribution in [3.05, 3.63) is 35.4 Å². The summed E-state index contributed by atoms with van der Waals surface area (Å²) >= 11 is 0. The maximum atomic E-state index is 12.1. The second-order valence-electron chi connectivity index (χ2n) is 6.94. The predicted octanol–water partition coefficient (Wildman–Crippen LogP) is 2.59. The van der Waals surface area contributed by atoms with E-state index in [-0.39, 0.29) is 35.9 Å². The smallest absolute Gasteiger partial charge is 0.220 e. The second kappa shape index (κ2) is 9.21. The molecule has 0 saturated carbocycles. The van der Waals surface area contributed by atoms with Crippen LogP contribution < -0.4 is 10.6 Å². The van der Waals surface area contributed by atoms with E-state index in [1.165, 1.54) is 12.5 Å². The first-order valence-corrected chi connectivity index (χ1v) is 8.35. The molecule has 0 aliphatic heterocycles. The summed E-state index contributed by atoms with van der Waals surface area (Å²) in [6, 6.07) is 7.59. The molecule has 2 N–H and O–H groups in total. The third-order valence-electron chi connectivity index (χ3n) is 3.70. The first kappa shape index (κ1) is 19.9. The van der Waals surface area contributed by atoms with Crippen molar-refractivity contribution in [2.75, 3.05) is 13.1 Å². The van der Waals surface area contributed by atoms with Gasteiger partial charge in [0, 0.05) is 38.4 Å². The van der Waals surface area contributed by atoms with Crippen LogP contribution in [0.5, 0.6) is 0 Å². The van der Waals surface area contributed by atoms with Crippen LogP contribution in [-0.2, 0) is 15.0 Å². The van der Waals surface area contributed by atoms with Gasteiger partial charge in [0.05, 0.1) is 0 Å². The molecule has 0 spiro atoms. The number of hydrogen-bond acceptors (Lipinski definition) is 3. The molecule has 5 nitrogen and oxygen atoms in total. The normalized spacial score (nSPS) is 11.0. The Kier molecular flexibility index (Phi) is 7.62. The van der Waals surface area contributed by atoms with Crippen LogP contribution in [0.3, 0.4) is 0 Å². The average Bonchev–Trinajstić information content (AvgIpc) is 2.51. The van der Waals surface area contributed by atoms with E-state index in [1.54, 1.807) is 0 Å². The molecule has 0 aliphatic carbocycles. The summed E-state index contributed by atoms with van der Waals surface area (Å²) in [7, 11) is 0. The molecule has 0 aromatic heterocycles. The molecule has 0 aliphatic rings. The van der Waals surface area contributed by atoms with Crippen molar-refractivity contribution in [2.45, 2.75) is 52.4 Å². The van der Waals surface area contributed by atoms with E-state index in [0.29, 0.717) is 25.1 Å². The Balaban J connectivity index is 2.32. The fourth-order valence-electron chi connectivity index (χ4n) is 2.20. The summed E-state index contributed by atoms with van der Waals surface area (Å²) < 4.78 is 0. The lowest BCUT2D eigenvalue weighted by Crippen LogP contribution is -2.28. The van der Waals surface area contributed by atoms with E-state index in [4.69, 9.17) is 0 Å². The maximum Gasteiger partial charge on any atom is 0.220 e. The van der Waals surface area contributed by atoms with Crippen LogP contribution in [0.2, 0.25) is 0 Å². The van der Waals surface area contributed by atoms with Gasteiger partial charge in [0.1, 0.15) is 0 Å². The van der Waals surface area contributed by atoms with Gasteiger partial charge in [-0.1, -0.05) is 45.0 Å². The Morgan fingerprint density at radius 3 is 2.04 bits per heavy atom. The summed E-state index contributed by atoms with van der Waals surface area (Å²) in [6.07, 6.45) is 1.06. The molecule has 0 fully saturated rings. The van der Waals surface area contributed by atoms with E-state index < -0.39 is 0 Å². The molecule has 0 heterocycles. The van der Waals surface area contributed by atoms with Crippen LogP contribution in [-0.4, -0.2) is 30.7 Å². The summed E-state index contributed by atoms with van der Waals surface area (Å²) in [5, 5.41) is 5.41. The lowest BCUT2D eigenvalue weighted by atomic mass is 9.86. The molecule has 1 aromatic rings. The highest BCUT2D eigenvalue weighted by Crippen LogP contribution is 2.22. The van der Waals surface area contributed by atoms with Crippen molar-refractivity contribution in [2.24, 2.45) is 0 Å². The molecule has 5 heteroatoms. The average molecular weight is 332 g/mol. The predicted molar refractivity (Wildman–Crippen MR) is 95.0 cm³/mol. The van der Waals surface area contributed by atoms with Crippen LogP contribution in [0.4, 0.5) is 0 Å². The molecule has 24 heavy (non-hydrogen) atoms. The first-order valence-electron chi connectivity index (χ1n) is 8.35. The Morgan fingerprint density at radius 2 is 1.50 bits per heavy atom. The van der Waals surface area contributed by atoms with E-state index in [2.05, 4.69) is 31.4 Å². The van der Waals surface area contributed by atoms with Gasteiger partial charge >= 0.3 is 0 Å². The quantitative estimate of drug-likeness (QED) is 0.567. The first-order chi connectivity index (χ1) is 11.2. The molecular weight excluding hydrogens is 304 g/mol. The largest absolute Gasteiger partial charge is 0.356 e. The van der Waals surface area contributed by atoms with Gasteiger partial charge in [-0.25, -0.2) is 0 Å². The number of carbonyl (C=O) groups excluding carboxylic acids is 3. The Morgan fingerprint density at radius 1 is 0.917 bits per heavy atom. The number of nitrogens with one attached hydrogen (secondary N) is 2.